The number of nitrogens with one attached hydrogen (secondary N) is 1. The normalized spacial score (nSPS) is 14.8. The largest absolute Gasteiger partial charge is 0.395 e. The Kier molecular flexibility index (Phi) is 3.25. The molecule has 1 fully saturated rings. The van der Waals surface area contributed by atoms with E-state index in [0.29, 0.717) is 12.6 Å². The number of anilines is 2. The molecule has 3 rings (SSSR count). The van der Waals surface area contributed by atoms with E-state index in [1.807, 2.05) is 23.7 Å². The first kappa shape index (κ1) is 12.2. The lowest BCUT2D eigenvalue weighted by molar-refractivity contribution is 0.301. The highest BCUT2D eigenvalue weighted by atomic mass is 16.3. The summed E-state index contributed by atoms with van der Waals surface area (Å²) < 4.78 is 1.98. The Hall–Kier alpha value is -1.82. The predicted octanol–water partition coefficient (Wildman–Crippen LogP) is 1.12. The monoisotopic (exact) mass is 261 g/mol. The number of aliphatic hydroxyl groups excluding tert-OH is 1. The van der Waals surface area contributed by atoms with Gasteiger partial charge in [-0.1, -0.05) is 0 Å². The molecule has 1 saturated carbocycles. The molecule has 1 aliphatic rings. The van der Waals surface area contributed by atoms with Crippen LogP contribution in [0.3, 0.4) is 0 Å². The summed E-state index contributed by atoms with van der Waals surface area (Å²) in [5, 5.41) is 12.5. The lowest BCUT2D eigenvalue weighted by Crippen LogP contribution is -2.30. The number of fused-ring (bicyclic) bond motifs is 1. The molecule has 0 unspecified atom stereocenters. The minimum absolute atomic E-state index is 0.135. The molecule has 0 bridgehead atoms. The molecule has 0 amide bonds. The molecule has 2 heterocycles. The van der Waals surface area contributed by atoms with Gasteiger partial charge < -0.3 is 19.7 Å². The third-order valence-electron chi connectivity index (χ3n) is 3.31. The van der Waals surface area contributed by atoms with Crippen molar-refractivity contribution in [2.45, 2.75) is 25.8 Å². The Balaban J connectivity index is 2.05. The highest BCUT2D eigenvalue weighted by molar-refractivity contribution is 5.67. The molecule has 2 N–H and O–H groups in total. The first-order valence-corrected chi connectivity index (χ1v) is 6.78. The lowest BCUT2D eigenvalue weighted by Gasteiger charge is -2.23. The van der Waals surface area contributed by atoms with E-state index in [2.05, 4.69) is 20.2 Å². The maximum Gasteiger partial charge on any atom is 0.180 e. The first-order valence-electron chi connectivity index (χ1n) is 6.78. The maximum absolute atomic E-state index is 9.26. The molecule has 6 nitrogen and oxygen atoms in total. The SMILES string of the molecule is CCNc1cn2ccnc2c(N(CCO)C2CC2)n1. The van der Waals surface area contributed by atoms with Gasteiger partial charge in [-0.05, 0) is 19.8 Å². The van der Waals surface area contributed by atoms with Gasteiger partial charge in [0.05, 0.1) is 12.8 Å². The van der Waals surface area contributed by atoms with Gasteiger partial charge in [0.1, 0.15) is 5.82 Å². The number of imidazole rings is 1. The van der Waals surface area contributed by atoms with Gasteiger partial charge in [-0.3, -0.25) is 0 Å². The average Bonchev–Trinajstić information content (AvgIpc) is 3.13. The summed E-state index contributed by atoms with van der Waals surface area (Å²) in [5.74, 6) is 1.70. The smallest absolute Gasteiger partial charge is 0.180 e. The van der Waals surface area contributed by atoms with Crippen LogP contribution in [0.25, 0.3) is 5.65 Å². The molecular formula is C13H19N5O. The zero-order valence-electron chi connectivity index (χ0n) is 11.1. The second-order valence-corrected chi connectivity index (χ2v) is 4.79. The molecular weight excluding hydrogens is 242 g/mol. The van der Waals surface area contributed by atoms with Gasteiger partial charge in [0.25, 0.3) is 0 Å². The standard InChI is InChI=1S/C13H19N5O/c1-2-14-11-9-17-6-5-15-12(17)13(16-11)18(7-8-19)10-3-4-10/h5-6,9-10,14,19H,2-4,7-8H2,1H3. The number of nitrogens with zero attached hydrogens (tertiary/aromatic N) is 4. The molecule has 6 heteroatoms. The summed E-state index contributed by atoms with van der Waals surface area (Å²) in [7, 11) is 0. The Labute approximate surface area is 112 Å². The Bertz CT molecular complexity index is 563. The van der Waals surface area contributed by atoms with Gasteiger partial charge in [-0.15, -0.1) is 0 Å². The summed E-state index contributed by atoms with van der Waals surface area (Å²) >= 11 is 0. The van der Waals surface area contributed by atoms with E-state index in [1.165, 1.54) is 12.8 Å². The lowest BCUT2D eigenvalue weighted by atomic mass is 10.4. The van der Waals surface area contributed by atoms with Crippen LogP contribution in [-0.4, -0.2) is 45.2 Å². The third kappa shape index (κ3) is 2.35. The molecule has 1 aliphatic carbocycles. The van der Waals surface area contributed by atoms with Gasteiger partial charge in [0, 0.05) is 31.5 Å². The fraction of sp³-hybridized carbons (Fsp3) is 0.538. The zero-order chi connectivity index (χ0) is 13.2. The van der Waals surface area contributed by atoms with Gasteiger partial charge in [-0.25, -0.2) is 9.97 Å². The van der Waals surface area contributed by atoms with Crippen molar-refractivity contribution in [3.8, 4) is 0 Å². The second-order valence-electron chi connectivity index (χ2n) is 4.79. The van der Waals surface area contributed by atoms with E-state index in [4.69, 9.17) is 0 Å². The number of hydrogen-bond donors (Lipinski definition) is 2. The number of hydrogen-bond acceptors (Lipinski definition) is 5. The van der Waals surface area contributed by atoms with E-state index in [9.17, 15) is 5.11 Å². The van der Waals surface area contributed by atoms with Gasteiger partial charge >= 0.3 is 0 Å². The van der Waals surface area contributed by atoms with Crippen LogP contribution >= 0.6 is 0 Å². The molecule has 0 atom stereocenters. The fourth-order valence-corrected chi connectivity index (χ4v) is 2.33. The maximum atomic E-state index is 9.26. The second kappa shape index (κ2) is 5.05. The van der Waals surface area contributed by atoms with Crippen molar-refractivity contribution in [2.24, 2.45) is 0 Å². The molecule has 19 heavy (non-hydrogen) atoms. The van der Waals surface area contributed by atoms with Crippen molar-refractivity contribution in [3.63, 3.8) is 0 Å². The van der Waals surface area contributed by atoms with Crippen molar-refractivity contribution in [2.75, 3.05) is 29.9 Å². The van der Waals surface area contributed by atoms with Crippen LogP contribution in [0.2, 0.25) is 0 Å². The topological polar surface area (TPSA) is 65.7 Å². The summed E-state index contributed by atoms with van der Waals surface area (Å²) in [6, 6.07) is 0.497. The van der Waals surface area contributed by atoms with E-state index in [-0.39, 0.29) is 6.61 Å². The Morgan fingerprint density at radius 2 is 2.37 bits per heavy atom. The van der Waals surface area contributed by atoms with Crippen LogP contribution in [0.4, 0.5) is 11.6 Å². The molecule has 2 aromatic rings. The molecule has 0 spiro atoms. The van der Waals surface area contributed by atoms with Crippen LogP contribution in [0, 0.1) is 0 Å². The van der Waals surface area contributed by atoms with Crippen LogP contribution in [0.5, 0.6) is 0 Å². The molecule has 0 aliphatic heterocycles. The minimum atomic E-state index is 0.135. The number of aliphatic hydroxyl groups is 1. The minimum Gasteiger partial charge on any atom is -0.395 e. The highest BCUT2D eigenvalue weighted by Gasteiger charge is 2.31. The van der Waals surface area contributed by atoms with Crippen LogP contribution in [0.1, 0.15) is 19.8 Å². The Morgan fingerprint density at radius 3 is 3.05 bits per heavy atom. The van der Waals surface area contributed by atoms with Crippen molar-refractivity contribution < 1.29 is 5.11 Å². The summed E-state index contributed by atoms with van der Waals surface area (Å²) in [4.78, 5) is 11.2. The molecule has 0 saturated heterocycles. The van der Waals surface area contributed by atoms with Gasteiger partial charge in [0.15, 0.2) is 11.5 Å². The van der Waals surface area contributed by atoms with Gasteiger partial charge in [0.2, 0.25) is 0 Å². The van der Waals surface area contributed by atoms with Crippen LogP contribution < -0.4 is 10.2 Å². The summed E-state index contributed by atoms with van der Waals surface area (Å²) in [6.45, 7) is 3.62. The van der Waals surface area contributed by atoms with E-state index < -0.39 is 0 Å². The average molecular weight is 261 g/mol. The molecule has 0 radical (unpaired) electrons. The number of rotatable bonds is 6. The van der Waals surface area contributed by atoms with E-state index in [0.717, 1.165) is 23.8 Å². The van der Waals surface area contributed by atoms with Crippen LogP contribution in [-0.2, 0) is 0 Å². The van der Waals surface area contributed by atoms with Crippen molar-refractivity contribution >= 4 is 17.3 Å². The zero-order valence-corrected chi connectivity index (χ0v) is 11.1. The third-order valence-corrected chi connectivity index (χ3v) is 3.31. The number of aromatic nitrogens is 3. The molecule has 2 aromatic heterocycles. The Morgan fingerprint density at radius 1 is 1.53 bits per heavy atom. The highest BCUT2D eigenvalue weighted by Crippen LogP contribution is 2.32. The summed E-state index contributed by atoms with van der Waals surface area (Å²) in [5.41, 5.74) is 0.849. The molecule has 102 valence electrons. The fourth-order valence-electron chi connectivity index (χ4n) is 2.33. The van der Waals surface area contributed by atoms with Gasteiger partial charge in [-0.2, -0.15) is 0 Å². The molecule has 0 aromatic carbocycles. The van der Waals surface area contributed by atoms with Crippen molar-refractivity contribution in [3.05, 3.63) is 18.6 Å². The van der Waals surface area contributed by atoms with E-state index >= 15 is 0 Å². The van der Waals surface area contributed by atoms with Crippen molar-refractivity contribution in [1.82, 2.24) is 14.4 Å². The van der Waals surface area contributed by atoms with E-state index in [1.54, 1.807) is 6.20 Å². The van der Waals surface area contributed by atoms with Crippen LogP contribution in [0.15, 0.2) is 18.6 Å². The quantitative estimate of drug-likeness (QED) is 0.816. The van der Waals surface area contributed by atoms with Crippen molar-refractivity contribution in [1.29, 1.82) is 0 Å². The first-order chi connectivity index (χ1) is 9.33. The summed E-state index contributed by atoms with van der Waals surface area (Å²) in [6.07, 6.45) is 7.98. The predicted molar refractivity (Wildman–Crippen MR) is 74.6 cm³/mol.